The van der Waals surface area contributed by atoms with E-state index in [1.165, 1.54) is 6.20 Å². The molecule has 0 aromatic carbocycles. The summed E-state index contributed by atoms with van der Waals surface area (Å²) >= 11 is 0. The van der Waals surface area contributed by atoms with Crippen molar-refractivity contribution in [3.8, 4) is 0 Å². The second-order valence-corrected chi connectivity index (χ2v) is 6.54. The van der Waals surface area contributed by atoms with E-state index in [0.717, 1.165) is 32.8 Å². The first kappa shape index (κ1) is 17.1. The minimum atomic E-state index is -0.412. The van der Waals surface area contributed by atoms with Crippen molar-refractivity contribution >= 4 is 5.91 Å². The normalized spacial score (nSPS) is 25.2. The van der Waals surface area contributed by atoms with Crippen molar-refractivity contribution in [3.05, 3.63) is 27.9 Å². The van der Waals surface area contributed by atoms with Crippen LogP contribution in [0.4, 0.5) is 0 Å². The van der Waals surface area contributed by atoms with Gasteiger partial charge in [-0.25, -0.2) is 4.98 Å². The van der Waals surface area contributed by atoms with Crippen LogP contribution in [0.25, 0.3) is 0 Å². The Morgan fingerprint density at radius 1 is 1.38 bits per heavy atom. The van der Waals surface area contributed by atoms with Gasteiger partial charge in [0.25, 0.3) is 11.5 Å². The van der Waals surface area contributed by atoms with E-state index in [0.29, 0.717) is 18.9 Å². The zero-order valence-electron chi connectivity index (χ0n) is 13.9. The summed E-state index contributed by atoms with van der Waals surface area (Å²) in [5.74, 6) is 0.409. The molecule has 1 amide bonds. The van der Waals surface area contributed by atoms with Gasteiger partial charge in [-0.3, -0.25) is 14.5 Å². The average molecular weight is 336 g/mol. The zero-order chi connectivity index (χ0) is 17.1. The van der Waals surface area contributed by atoms with Gasteiger partial charge in [0, 0.05) is 51.4 Å². The van der Waals surface area contributed by atoms with Crippen LogP contribution in [0.2, 0.25) is 0 Å². The molecular formula is C16H24N4O4. The quantitative estimate of drug-likeness (QED) is 0.739. The van der Waals surface area contributed by atoms with Crippen molar-refractivity contribution in [2.24, 2.45) is 11.8 Å². The number of hydrogen-bond acceptors (Lipinski definition) is 6. The molecule has 0 spiro atoms. The lowest BCUT2D eigenvalue weighted by Gasteiger charge is -2.30. The Balaban J connectivity index is 1.68. The van der Waals surface area contributed by atoms with Gasteiger partial charge in [0.1, 0.15) is 11.4 Å². The number of aryl methyl sites for hydroxylation is 1. The Bertz CT molecular complexity index is 641. The SMILES string of the molecule is Cc1ncc(C(=O)N2C[C@@H](CN3CCOCC3)[C@@H](CO)C2)c(=O)[nH]1. The number of morpholine rings is 1. The highest BCUT2D eigenvalue weighted by molar-refractivity contribution is 5.93. The van der Waals surface area contributed by atoms with Crippen LogP contribution < -0.4 is 5.56 Å². The van der Waals surface area contributed by atoms with Crippen LogP contribution in [-0.2, 0) is 4.74 Å². The molecule has 1 aromatic heterocycles. The summed E-state index contributed by atoms with van der Waals surface area (Å²) in [6.45, 7) is 6.78. The van der Waals surface area contributed by atoms with Gasteiger partial charge in [-0.05, 0) is 12.8 Å². The van der Waals surface area contributed by atoms with E-state index in [9.17, 15) is 14.7 Å². The van der Waals surface area contributed by atoms with E-state index in [4.69, 9.17) is 4.74 Å². The summed E-state index contributed by atoms with van der Waals surface area (Å²) in [6, 6.07) is 0. The van der Waals surface area contributed by atoms with Crippen molar-refractivity contribution < 1.29 is 14.6 Å². The molecule has 0 bridgehead atoms. The molecule has 132 valence electrons. The number of likely N-dealkylation sites (tertiary alicyclic amines) is 1. The van der Waals surface area contributed by atoms with Gasteiger partial charge < -0.3 is 19.7 Å². The number of aromatic amines is 1. The number of H-pyrrole nitrogens is 1. The maximum absolute atomic E-state index is 12.6. The topological polar surface area (TPSA) is 98.8 Å². The highest BCUT2D eigenvalue weighted by Crippen LogP contribution is 2.25. The number of aliphatic hydroxyl groups is 1. The lowest BCUT2D eigenvalue weighted by Crippen LogP contribution is -2.41. The van der Waals surface area contributed by atoms with Gasteiger partial charge in [0.2, 0.25) is 0 Å². The third-order valence-corrected chi connectivity index (χ3v) is 4.85. The third-order valence-electron chi connectivity index (χ3n) is 4.85. The molecule has 2 atom stereocenters. The number of amides is 1. The predicted molar refractivity (Wildman–Crippen MR) is 86.8 cm³/mol. The summed E-state index contributed by atoms with van der Waals surface area (Å²) in [5.41, 5.74) is -0.353. The van der Waals surface area contributed by atoms with Crippen molar-refractivity contribution in [1.82, 2.24) is 19.8 Å². The zero-order valence-corrected chi connectivity index (χ0v) is 13.9. The number of carbonyl (C=O) groups is 1. The standard InChI is InChI=1S/C16H24N4O4/c1-11-17-6-14(15(22)18-11)16(23)20-8-12(13(9-20)10-21)7-19-2-4-24-5-3-19/h6,12-13,21H,2-5,7-10H2,1H3,(H,17,18,22)/t12-,13-/m1/s1. The minimum absolute atomic E-state index is 0.0364. The molecule has 0 saturated carbocycles. The van der Waals surface area contributed by atoms with Gasteiger partial charge >= 0.3 is 0 Å². The van der Waals surface area contributed by atoms with E-state index >= 15 is 0 Å². The first-order chi connectivity index (χ1) is 11.6. The number of aromatic nitrogens is 2. The average Bonchev–Trinajstić information content (AvgIpc) is 2.98. The molecule has 3 heterocycles. The van der Waals surface area contributed by atoms with Crippen molar-refractivity contribution in [2.45, 2.75) is 6.92 Å². The number of ether oxygens (including phenoxy) is 1. The third kappa shape index (κ3) is 3.66. The Morgan fingerprint density at radius 2 is 2.08 bits per heavy atom. The number of nitrogens with zero attached hydrogens (tertiary/aromatic N) is 3. The number of aliphatic hydroxyl groups excluding tert-OH is 1. The van der Waals surface area contributed by atoms with E-state index in [-0.39, 0.29) is 29.9 Å². The van der Waals surface area contributed by atoms with Gasteiger partial charge in [0.05, 0.1) is 13.2 Å². The fraction of sp³-hybridized carbons (Fsp3) is 0.688. The fourth-order valence-corrected chi connectivity index (χ4v) is 3.44. The van der Waals surface area contributed by atoms with Crippen LogP contribution in [0.15, 0.2) is 11.0 Å². The maximum Gasteiger partial charge on any atom is 0.263 e. The number of rotatable bonds is 4. The minimum Gasteiger partial charge on any atom is -0.396 e. The molecule has 24 heavy (non-hydrogen) atoms. The molecule has 3 rings (SSSR count). The summed E-state index contributed by atoms with van der Waals surface area (Å²) < 4.78 is 5.36. The monoisotopic (exact) mass is 336 g/mol. The second kappa shape index (κ2) is 7.42. The molecule has 2 aliphatic rings. The second-order valence-electron chi connectivity index (χ2n) is 6.54. The fourth-order valence-electron chi connectivity index (χ4n) is 3.44. The first-order valence-corrected chi connectivity index (χ1v) is 8.34. The molecule has 0 unspecified atom stereocenters. The maximum atomic E-state index is 12.6. The Kier molecular flexibility index (Phi) is 5.27. The van der Waals surface area contributed by atoms with Crippen LogP contribution >= 0.6 is 0 Å². The molecule has 2 aliphatic heterocycles. The van der Waals surface area contributed by atoms with Crippen molar-refractivity contribution in [2.75, 3.05) is 52.5 Å². The largest absolute Gasteiger partial charge is 0.396 e. The predicted octanol–water partition coefficient (Wildman–Crippen LogP) is -0.909. The van der Waals surface area contributed by atoms with E-state index in [1.54, 1.807) is 11.8 Å². The number of hydrogen-bond donors (Lipinski definition) is 2. The summed E-state index contributed by atoms with van der Waals surface area (Å²) in [7, 11) is 0. The van der Waals surface area contributed by atoms with Gasteiger partial charge in [-0.2, -0.15) is 0 Å². The smallest absolute Gasteiger partial charge is 0.263 e. The van der Waals surface area contributed by atoms with E-state index in [2.05, 4.69) is 14.9 Å². The van der Waals surface area contributed by atoms with Crippen LogP contribution in [0.3, 0.4) is 0 Å². The van der Waals surface area contributed by atoms with Crippen LogP contribution in [0.5, 0.6) is 0 Å². The van der Waals surface area contributed by atoms with Gasteiger partial charge in [-0.1, -0.05) is 0 Å². The summed E-state index contributed by atoms with van der Waals surface area (Å²) in [4.78, 5) is 35.1. The molecule has 1 aromatic rings. The number of carbonyl (C=O) groups excluding carboxylic acids is 1. The Morgan fingerprint density at radius 3 is 2.75 bits per heavy atom. The van der Waals surface area contributed by atoms with Gasteiger partial charge in [-0.15, -0.1) is 0 Å². The van der Waals surface area contributed by atoms with E-state index < -0.39 is 5.56 Å². The Labute approximate surface area is 140 Å². The number of nitrogens with one attached hydrogen (secondary N) is 1. The van der Waals surface area contributed by atoms with Gasteiger partial charge in [0.15, 0.2) is 0 Å². The van der Waals surface area contributed by atoms with Crippen molar-refractivity contribution in [1.29, 1.82) is 0 Å². The summed E-state index contributed by atoms with van der Waals surface area (Å²) in [5, 5.41) is 9.67. The Hall–Kier alpha value is -1.77. The highest BCUT2D eigenvalue weighted by atomic mass is 16.5. The van der Waals surface area contributed by atoms with E-state index in [1.807, 2.05) is 0 Å². The van der Waals surface area contributed by atoms with Crippen LogP contribution in [-0.4, -0.2) is 83.3 Å². The molecule has 0 aliphatic carbocycles. The molecule has 8 nitrogen and oxygen atoms in total. The lowest BCUT2D eigenvalue weighted by atomic mass is 9.96. The first-order valence-electron chi connectivity index (χ1n) is 8.34. The molecule has 0 radical (unpaired) electrons. The molecular weight excluding hydrogens is 312 g/mol. The van der Waals surface area contributed by atoms with Crippen LogP contribution in [0.1, 0.15) is 16.2 Å². The van der Waals surface area contributed by atoms with Crippen LogP contribution in [0, 0.1) is 18.8 Å². The lowest BCUT2D eigenvalue weighted by molar-refractivity contribution is 0.0264. The van der Waals surface area contributed by atoms with Crippen molar-refractivity contribution in [3.63, 3.8) is 0 Å². The summed E-state index contributed by atoms with van der Waals surface area (Å²) in [6.07, 6.45) is 1.33. The molecule has 2 saturated heterocycles. The molecule has 8 heteroatoms. The molecule has 2 fully saturated rings. The highest BCUT2D eigenvalue weighted by Gasteiger charge is 2.36. The molecule has 2 N–H and O–H groups in total.